The van der Waals surface area contributed by atoms with Gasteiger partial charge in [0.15, 0.2) is 0 Å². The van der Waals surface area contributed by atoms with Crippen molar-refractivity contribution in [2.75, 3.05) is 13.7 Å². The van der Waals surface area contributed by atoms with Gasteiger partial charge in [-0.3, -0.25) is 0 Å². The zero-order valence-corrected chi connectivity index (χ0v) is 17.0. The number of ether oxygens (including phenoxy) is 1. The van der Waals surface area contributed by atoms with Gasteiger partial charge in [-0.15, -0.1) is 0 Å². The molecule has 6 nitrogen and oxygen atoms in total. The summed E-state index contributed by atoms with van der Waals surface area (Å²) < 4.78 is 50.0. The molecule has 0 radical (unpaired) electrons. The summed E-state index contributed by atoms with van der Waals surface area (Å²) in [6, 6.07) is 4.34. The Hall–Kier alpha value is -2.94. The van der Waals surface area contributed by atoms with Crippen LogP contribution in [0.4, 0.5) is 18.0 Å². The van der Waals surface area contributed by atoms with Crippen molar-refractivity contribution in [3.63, 3.8) is 0 Å². The molecule has 1 aliphatic rings. The molecule has 0 spiro atoms. The Labute approximate surface area is 175 Å². The Kier molecular flexibility index (Phi) is 5.85. The molecular weight excluding hydrogens is 425 g/mol. The first-order valence-corrected chi connectivity index (χ1v) is 9.31. The molecule has 0 unspecified atom stereocenters. The van der Waals surface area contributed by atoms with Crippen LogP contribution in [-0.2, 0) is 15.7 Å². The van der Waals surface area contributed by atoms with Crippen LogP contribution in [-0.4, -0.2) is 30.6 Å². The second-order valence-electron chi connectivity index (χ2n) is 6.56. The third-order valence-corrected chi connectivity index (χ3v) is 5.05. The average molecular weight is 443 g/mol. The van der Waals surface area contributed by atoms with E-state index in [1.54, 1.807) is 13.8 Å². The maximum Gasteiger partial charge on any atom is 0.416 e. The zero-order valence-electron chi connectivity index (χ0n) is 16.3. The number of allylic oxidation sites excluding steroid dienone is 1. The Morgan fingerprint density at radius 3 is 2.63 bits per heavy atom. The van der Waals surface area contributed by atoms with Crippen LogP contribution in [0.1, 0.15) is 31.2 Å². The van der Waals surface area contributed by atoms with Gasteiger partial charge in [-0.2, -0.15) is 13.2 Å². The Balaban J connectivity index is 2.05. The van der Waals surface area contributed by atoms with E-state index < -0.39 is 29.8 Å². The summed E-state index contributed by atoms with van der Waals surface area (Å²) in [5.41, 5.74) is -0.307. The van der Waals surface area contributed by atoms with Gasteiger partial charge in [-0.05, 0) is 44.2 Å². The molecule has 1 atom stereocenters. The van der Waals surface area contributed by atoms with E-state index >= 15 is 0 Å². The second-order valence-corrected chi connectivity index (χ2v) is 6.96. The fourth-order valence-corrected chi connectivity index (χ4v) is 3.28. The van der Waals surface area contributed by atoms with Gasteiger partial charge in [0.1, 0.15) is 17.6 Å². The predicted octanol–water partition coefficient (Wildman–Crippen LogP) is 5.15. The standard InChI is InChI=1S/C20H18ClF3N2O4/c1-4-29-18(27)16-10(2)26(3)19(28)25-17(16)15-8-7-14(30-15)12-9-11(20(22,23)24)5-6-13(12)21/h5-9,17H,4H2,1-3H3,(H,25,28)/t17-/m1/s1. The van der Waals surface area contributed by atoms with E-state index in [0.29, 0.717) is 5.70 Å². The van der Waals surface area contributed by atoms with Crippen LogP contribution in [0.2, 0.25) is 5.02 Å². The first-order valence-electron chi connectivity index (χ1n) is 8.93. The number of alkyl halides is 3. The lowest BCUT2D eigenvalue weighted by atomic mass is 10.00. The van der Waals surface area contributed by atoms with Crippen LogP contribution in [0.25, 0.3) is 11.3 Å². The molecule has 2 heterocycles. The highest BCUT2D eigenvalue weighted by atomic mass is 35.5. The fourth-order valence-electron chi connectivity index (χ4n) is 3.07. The van der Waals surface area contributed by atoms with Gasteiger partial charge in [0, 0.05) is 18.3 Å². The number of nitrogens with zero attached hydrogens (tertiary/aromatic N) is 1. The molecule has 1 aliphatic heterocycles. The number of esters is 1. The van der Waals surface area contributed by atoms with Crippen LogP contribution in [0.5, 0.6) is 0 Å². The summed E-state index contributed by atoms with van der Waals surface area (Å²) >= 11 is 6.07. The minimum atomic E-state index is -4.55. The highest BCUT2D eigenvalue weighted by Gasteiger charge is 2.37. The van der Waals surface area contributed by atoms with Gasteiger partial charge in [0.05, 0.1) is 22.8 Å². The summed E-state index contributed by atoms with van der Waals surface area (Å²) in [5, 5.41) is 2.70. The van der Waals surface area contributed by atoms with Crippen molar-refractivity contribution in [3.8, 4) is 11.3 Å². The Morgan fingerprint density at radius 2 is 2.00 bits per heavy atom. The molecular formula is C20H18ClF3N2O4. The molecule has 2 aromatic rings. The van der Waals surface area contributed by atoms with Gasteiger partial charge in [0.25, 0.3) is 0 Å². The normalized spacial score (nSPS) is 17.2. The lowest BCUT2D eigenvalue weighted by Gasteiger charge is -2.31. The minimum absolute atomic E-state index is 0.0374. The van der Waals surface area contributed by atoms with Crippen LogP contribution in [0, 0.1) is 0 Å². The molecule has 0 saturated carbocycles. The maximum atomic E-state index is 13.1. The van der Waals surface area contributed by atoms with Crippen molar-refractivity contribution in [2.45, 2.75) is 26.1 Å². The van der Waals surface area contributed by atoms with E-state index in [2.05, 4.69) is 5.32 Å². The van der Waals surface area contributed by atoms with E-state index in [1.807, 2.05) is 0 Å². The largest absolute Gasteiger partial charge is 0.463 e. The highest BCUT2D eigenvalue weighted by Crippen LogP contribution is 2.38. The van der Waals surface area contributed by atoms with Crippen LogP contribution >= 0.6 is 11.6 Å². The van der Waals surface area contributed by atoms with Crippen LogP contribution in [0.15, 0.2) is 46.0 Å². The summed E-state index contributed by atoms with van der Waals surface area (Å²) in [6.45, 7) is 3.36. The number of nitrogens with one attached hydrogen (secondary N) is 1. The van der Waals surface area contributed by atoms with Crippen molar-refractivity contribution in [2.24, 2.45) is 0 Å². The number of carbonyl (C=O) groups is 2. The van der Waals surface area contributed by atoms with Crippen molar-refractivity contribution >= 4 is 23.6 Å². The molecule has 0 saturated heterocycles. The molecule has 160 valence electrons. The molecule has 30 heavy (non-hydrogen) atoms. The fraction of sp³-hybridized carbons (Fsp3) is 0.300. The molecule has 3 rings (SSSR count). The smallest absolute Gasteiger partial charge is 0.416 e. The lowest BCUT2D eigenvalue weighted by molar-refractivity contribution is -0.139. The molecule has 1 aromatic carbocycles. The van der Waals surface area contributed by atoms with Crippen molar-refractivity contribution < 1.29 is 31.9 Å². The molecule has 2 amide bonds. The van der Waals surface area contributed by atoms with Gasteiger partial charge in [-0.1, -0.05) is 11.6 Å². The van der Waals surface area contributed by atoms with Crippen molar-refractivity contribution in [3.05, 3.63) is 57.9 Å². The number of urea groups is 1. The minimum Gasteiger partial charge on any atom is -0.463 e. The number of hydrogen-bond acceptors (Lipinski definition) is 4. The highest BCUT2D eigenvalue weighted by molar-refractivity contribution is 6.33. The van der Waals surface area contributed by atoms with Crippen molar-refractivity contribution in [1.29, 1.82) is 0 Å². The van der Waals surface area contributed by atoms with Gasteiger partial charge < -0.3 is 19.4 Å². The number of hydrogen-bond donors (Lipinski definition) is 1. The molecule has 0 bridgehead atoms. The molecule has 0 aliphatic carbocycles. The zero-order chi connectivity index (χ0) is 22.2. The predicted molar refractivity (Wildman–Crippen MR) is 103 cm³/mol. The van der Waals surface area contributed by atoms with Gasteiger partial charge >= 0.3 is 18.2 Å². The van der Waals surface area contributed by atoms with Gasteiger partial charge in [-0.25, -0.2) is 9.59 Å². The quantitative estimate of drug-likeness (QED) is 0.664. The molecule has 1 aromatic heterocycles. The van der Waals surface area contributed by atoms with Crippen molar-refractivity contribution in [1.82, 2.24) is 10.2 Å². The van der Waals surface area contributed by atoms with Gasteiger partial charge in [0.2, 0.25) is 0 Å². The summed E-state index contributed by atoms with van der Waals surface area (Å²) in [5.74, 6) is -0.417. The Morgan fingerprint density at radius 1 is 1.30 bits per heavy atom. The lowest BCUT2D eigenvalue weighted by Crippen LogP contribution is -2.46. The first kappa shape index (κ1) is 21.8. The first-order chi connectivity index (χ1) is 14.0. The SMILES string of the molecule is CCOC(=O)C1=C(C)N(C)C(=O)N[C@@H]1c1ccc(-c2cc(C(F)(F)F)ccc2Cl)o1. The molecule has 10 heteroatoms. The van der Waals surface area contributed by atoms with Crippen LogP contribution in [0.3, 0.4) is 0 Å². The van der Waals surface area contributed by atoms with E-state index in [-0.39, 0.29) is 34.3 Å². The maximum absolute atomic E-state index is 13.1. The summed E-state index contributed by atoms with van der Waals surface area (Å²) in [6.07, 6.45) is -4.55. The number of halogens is 4. The Bertz CT molecular complexity index is 1030. The third kappa shape index (κ3) is 4.02. The molecule has 1 N–H and O–H groups in total. The van der Waals surface area contributed by atoms with E-state index in [4.69, 9.17) is 20.8 Å². The number of furan rings is 1. The average Bonchev–Trinajstić information content (AvgIpc) is 3.15. The topological polar surface area (TPSA) is 71.8 Å². The number of rotatable bonds is 4. The monoisotopic (exact) mass is 442 g/mol. The van der Waals surface area contributed by atoms with Crippen LogP contribution < -0.4 is 5.32 Å². The molecule has 0 fully saturated rings. The number of carbonyl (C=O) groups excluding carboxylic acids is 2. The van der Waals surface area contributed by atoms with E-state index in [1.165, 1.54) is 24.1 Å². The van der Waals surface area contributed by atoms with E-state index in [0.717, 1.165) is 18.2 Å². The number of benzene rings is 1. The summed E-state index contributed by atoms with van der Waals surface area (Å²) in [4.78, 5) is 26.0. The second kappa shape index (κ2) is 8.06. The van der Waals surface area contributed by atoms with E-state index in [9.17, 15) is 22.8 Å². The third-order valence-electron chi connectivity index (χ3n) is 4.72. The number of amides is 2. The summed E-state index contributed by atoms with van der Waals surface area (Å²) in [7, 11) is 1.50.